The number of rotatable bonds is 5. The number of morpholine rings is 1. The van der Waals surface area contributed by atoms with E-state index in [0.717, 1.165) is 44.1 Å². The van der Waals surface area contributed by atoms with Gasteiger partial charge in [-0.25, -0.2) is 0 Å². The molecule has 0 atom stereocenters. The normalized spacial score (nSPS) is 14.6. The molecule has 0 saturated carbocycles. The first-order chi connectivity index (χ1) is 12.1. The van der Waals surface area contributed by atoms with Crippen LogP contribution in [0.3, 0.4) is 0 Å². The molecule has 1 N–H and O–H groups in total. The lowest BCUT2D eigenvalue weighted by Crippen LogP contribution is -2.36. The van der Waals surface area contributed by atoms with E-state index in [9.17, 15) is 4.79 Å². The fourth-order valence-corrected chi connectivity index (χ4v) is 3.12. The fourth-order valence-electron chi connectivity index (χ4n) is 3.12. The molecule has 0 aliphatic carbocycles. The number of ether oxygens (including phenoxy) is 1. The van der Waals surface area contributed by atoms with E-state index < -0.39 is 0 Å². The Kier molecular flexibility index (Phi) is 5.71. The quantitative estimate of drug-likeness (QED) is 0.897. The van der Waals surface area contributed by atoms with Crippen molar-refractivity contribution < 1.29 is 9.53 Å². The van der Waals surface area contributed by atoms with Crippen molar-refractivity contribution in [3.8, 4) is 0 Å². The standard InChI is InChI=1S/C21H26N2O2/c1-16(2)15-17-7-9-18(10-8-17)21(24)22-19-5-3-4-6-20(19)23-11-13-25-14-12-23/h3-10,16H,11-15H2,1-2H3,(H,22,24). The Morgan fingerprint density at radius 2 is 1.76 bits per heavy atom. The Balaban J connectivity index is 1.72. The predicted molar refractivity (Wildman–Crippen MR) is 102 cm³/mol. The number of hydrogen-bond acceptors (Lipinski definition) is 3. The zero-order valence-electron chi connectivity index (χ0n) is 15.0. The van der Waals surface area contributed by atoms with E-state index in [1.54, 1.807) is 0 Å². The van der Waals surface area contributed by atoms with E-state index in [2.05, 4.69) is 24.1 Å². The fraction of sp³-hybridized carbons (Fsp3) is 0.381. The molecule has 2 aromatic carbocycles. The highest BCUT2D eigenvalue weighted by Crippen LogP contribution is 2.26. The van der Waals surface area contributed by atoms with E-state index >= 15 is 0 Å². The summed E-state index contributed by atoms with van der Waals surface area (Å²) >= 11 is 0. The second-order valence-electron chi connectivity index (χ2n) is 6.87. The third-order valence-corrected chi connectivity index (χ3v) is 4.36. The average Bonchev–Trinajstić information content (AvgIpc) is 2.63. The van der Waals surface area contributed by atoms with Gasteiger partial charge in [0.2, 0.25) is 0 Å². The molecule has 0 aromatic heterocycles. The second-order valence-corrected chi connectivity index (χ2v) is 6.87. The molecule has 0 unspecified atom stereocenters. The average molecular weight is 338 g/mol. The van der Waals surface area contributed by atoms with Crippen molar-refractivity contribution in [1.82, 2.24) is 0 Å². The lowest BCUT2D eigenvalue weighted by atomic mass is 10.0. The minimum absolute atomic E-state index is 0.0724. The topological polar surface area (TPSA) is 41.6 Å². The Labute approximate surface area is 149 Å². The summed E-state index contributed by atoms with van der Waals surface area (Å²) in [6, 6.07) is 15.9. The molecule has 132 valence electrons. The predicted octanol–water partition coefficient (Wildman–Crippen LogP) is 3.97. The highest BCUT2D eigenvalue weighted by Gasteiger charge is 2.16. The van der Waals surface area contributed by atoms with E-state index in [-0.39, 0.29) is 5.91 Å². The maximum Gasteiger partial charge on any atom is 0.255 e. The number of benzene rings is 2. The van der Waals surface area contributed by atoms with E-state index in [1.807, 2.05) is 48.5 Å². The smallest absolute Gasteiger partial charge is 0.255 e. The molecule has 1 heterocycles. The lowest BCUT2D eigenvalue weighted by molar-refractivity contribution is 0.102. The molecule has 0 spiro atoms. The first-order valence-electron chi connectivity index (χ1n) is 8.95. The van der Waals surface area contributed by atoms with Gasteiger partial charge in [-0.05, 0) is 42.2 Å². The minimum Gasteiger partial charge on any atom is -0.378 e. The molecule has 1 saturated heterocycles. The summed E-state index contributed by atoms with van der Waals surface area (Å²) in [7, 11) is 0. The Morgan fingerprint density at radius 1 is 1.08 bits per heavy atom. The van der Waals surface area contributed by atoms with Gasteiger partial charge in [0.25, 0.3) is 5.91 Å². The molecule has 1 aliphatic rings. The van der Waals surface area contributed by atoms with Crippen LogP contribution in [-0.2, 0) is 11.2 Å². The maximum absolute atomic E-state index is 12.6. The Hall–Kier alpha value is -2.33. The van der Waals surface area contributed by atoms with Crippen molar-refractivity contribution >= 4 is 17.3 Å². The maximum atomic E-state index is 12.6. The summed E-state index contributed by atoms with van der Waals surface area (Å²) in [5.41, 5.74) is 3.85. The van der Waals surface area contributed by atoms with Crippen LogP contribution in [0.1, 0.15) is 29.8 Å². The van der Waals surface area contributed by atoms with Crippen molar-refractivity contribution in [3.05, 3.63) is 59.7 Å². The second kappa shape index (κ2) is 8.17. The van der Waals surface area contributed by atoms with Crippen LogP contribution >= 0.6 is 0 Å². The molecule has 4 heteroatoms. The summed E-state index contributed by atoms with van der Waals surface area (Å²) in [6.07, 6.45) is 1.03. The van der Waals surface area contributed by atoms with E-state index in [4.69, 9.17) is 4.74 Å². The zero-order valence-corrected chi connectivity index (χ0v) is 15.0. The molecule has 4 nitrogen and oxygen atoms in total. The van der Waals surface area contributed by atoms with Crippen molar-refractivity contribution in [3.63, 3.8) is 0 Å². The van der Waals surface area contributed by atoms with E-state index in [1.165, 1.54) is 5.56 Å². The van der Waals surface area contributed by atoms with Crippen molar-refractivity contribution in [2.75, 3.05) is 36.5 Å². The van der Waals surface area contributed by atoms with Crippen LogP contribution in [0.5, 0.6) is 0 Å². The largest absolute Gasteiger partial charge is 0.378 e. The van der Waals surface area contributed by atoms with Crippen LogP contribution in [0, 0.1) is 5.92 Å². The van der Waals surface area contributed by atoms with Crippen molar-refractivity contribution in [1.29, 1.82) is 0 Å². The van der Waals surface area contributed by atoms with Gasteiger partial charge in [0, 0.05) is 18.7 Å². The number of anilines is 2. The van der Waals surface area contributed by atoms with Gasteiger partial charge in [0.1, 0.15) is 0 Å². The van der Waals surface area contributed by atoms with E-state index in [0.29, 0.717) is 11.5 Å². The zero-order chi connectivity index (χ0) is 17.6. The lowest BCUT2D eigenvalue weighted by Gasteiger charge is -2.30. The monoisotopic (exact) mass is 338 g/mol. The number of nitrogens with zero attached hydrogens (tertiary/aromatic N) is 1. The minimum atomic E-state index is -0.0724. The number of amides is 1. The number of hydrogen-bond donors (Lipinski definition) is 1. The summed E-state index contributed by atoms with van der Waals surface area (Å²) < 4.78 is 5.42. The molecule has 1 aliphatic heterocycles. The number of para-hydroxylation sites is 2. The van der Waals surface area contributed by atoms with Crippen molar-refractivity contribution in [2.24, 2.45) is 5.92 Å². The molecule has 1 fully saturated rings. The molecule has 0 bridgehead atoms. The van der Waals surface area contributed by atoms with Gasteiger partial charge in [-0.3, -0.25) is 4.79 Å². The SMILES string of the molecule is CC(C)Cc1ccc(C(=O)Nc2ccccc2N2CCOCC2)cc1. The third-order valence-electron chi connectivity index (χ3n) is 4.36. The van der Waals surface area contributed by atoms with Crippen LogP contribution in [0.25, 0.3) is 0 Å². The first kappa shape index (κ1) is 17.5. The summed E-state index contributed by atoms with van der Waals surface area (Å²) in [4.78, 5) is 14.9. The number of carbonyl (C=O) groups is 1. The molecule has 3 rings (SSSR count). The van der Waals surface area contributed by atoms with Crippen molar-refractivity contribution in [2.45, 2.75) is 20.3 Å². The van der Waals surface area contributed by atoms with Crippen LogP contribution < -0.4 is 10.2 Å². The summed E-state index contributed by atoms with van der Waals surface area (Å²) in [6.45, 7) is 7.53. The van der Waals surface area contributed by atoms with Crippen LogP contribution in [0.4, 0.5) is 11.4 Å². The number of nitrogens with one attached hydrogen (secondary N) is 1. The van der Waals surface area contributed by atoms with Gasteiger partial charge in [-0.1, -0.05) is 38.1 Å². The molecular weight excluding hydrogens is 312 g/mol. The molecule has 1 amide bonds. The van der Waals surface area contributed by atoms with Crippen LogP contribution in [-0.4, -0.2) is 32.2 Å². The van der Waals surface area contributed by atoms with Crippen LogP contribution in [0.15, 0.2) is 48.5 Å². The molecular formula is C21H26N2O2. The molecule has 0 radical (unpaired) electrons. The molecule has 2 aromatic rings. The van der Waals surface area contributed by atoms with Gasteiger partial charge in [0.05, 0.1) is 24.6 Å². The Morgan fingerprint density at radius 3 is 2.44 bits per heavy atom. The molecule has 25 heavy (non-hydrogen) atoms. The third kappa shape index (κ3) is 4.60. The van der Waals surface area contributed by atoms with Gasteiger partial charge < -0.3 is 15.0 Å². The van der Waals surface area contributed by atoms with Crippen LogP contribution in [0.2, 0.25) is 0 Å². The summed E-state index contributed by atoms with van der Waals surface area (Å²) in [5.74, 6) is 0.539. The number of carbonyl (C=O) groups excluding carboxylic acids is 1. The highest BCUT2D eigenvalue weighted by molar-refractivity contribution is 6.06. The Bertz CT molecular complexity index is 704. The van der Waals surface area contributed by atoms with Gasteiger partial charge in [-0.2, -0.15) is 0 Å². The van der Waals surface area contributed by atoms with Gasteiger partial charge in [-0.15, -0.1) is 0 Å². The van der Waals surface area contributed by atoms with Gasteiger partial charge >= 0.3 is 0 Å². The highest BCUT2D eigenvalue weighted by atomic mass is 16.5. The first-order valence-corrected chi connectivity index (χ1v) is 8.95. The van der Waals surface area contributed by atoms with Gasteiger partial charge in [0.15, 0.2) is 0 Å². The summed E-state index contributed by atoms with van der Waals surface area (Å²) in [5, 5.41) is 3.06.